The molecule has 0 aromatic rings. The van der Waals surface area contributed by atoms with Crippen LogP contribution in [0.4, 0.5) is 0 Å². The summed E-state index contributed by atoms with van der Waals surface area (Å²) < 4.78 is 0. The van der Waals surface area contributed by atoms with Crippen molar-refractivity contribution in [2.24, 2.45) is 0 Å². The van der Waals surface area contributed by atoms with Gasteiger partial charge in [-0.05, 0) is 26.1 Å². The SMILES string of the molecule is CC=CC=CC=C(C)C=CC=CNC. The summed E-state index contributed by atoms with van der Waals surface area (Å²) in [4.78, 5) is 0. The Bertz CT molecular complexity index is 265. The number of rotatable bonds is 5. The average Bonchev–Trinajstić information content (AvgIpc) is 2.19. The molecule has 0 spiro atoms. The van der Waals surface area contributed by atoms with Gasteiger partial charge in [0, 0.05) is 7.05 Å². The van der Waals surface area contributed by atoms with Crippen LogP contribution in [0.2, 0.25) is 0 Å². The topological polar surface area (TPSA) is 12.0 Å². The predicted octanol–water partition coefficient (Wildman–Crippen LogP) is 3.35. The monoisotopic (exact) mass is 189 g/mol. The van der Waals surface area contributed by atoms with Crippen molar-refractivity contribution in [3.63, 3.8) is 0 Å². The van der Waals surface area contributed by atoms with Crippen LogP contribution >= 0.6 is 0 Å². The Hall–Kier alpha value is -1.50. The summed E-state index contributed by atoms with van der Waals surface area (Å²) in [7, 11) is 1.88. The maximum Gasteiger partial charge on any atom is 0.00277 e. The highest BCUT2D eigenvalue weighted by atomic mass is 14.8. The van der Waals surface area contributed by atoms with Crippen molar-refractivity contribution in [3.05, 3.63) is 60.4 Å². The molecule has 0 atom stereocenters. The molecule has 1 heteroatoms. The Morgan fingerprint density at radius 1 is 1.00 bits per heavy atom. The quantitative estimate of drug-likeness (QED) is 0.654. The molecule has 0 aliphatic heterocycles. The van der Waals surface area contributed by atoms with Crippen molar-refractivity contribution < 1.29 is 0 Å². The summed E-state index contributed by atoms with van der Waals surface area (Å²) in [6.45, 7) is 4.08. The van der Waals surface area contributed by atoms with E-state index < -0.39 is 0 Å². The van der Waals surface area contributed by atoms with Gasteiger partial charge in [-0.1, -0.05) is 48.1 Å². The Kier molecular flexibility index (Phi) is 8.56. The van der Waals surface area contributed by atoms with Crippen LogP contribution in [-0.2, 0) is 0 Å². The second kappa shape index (κ2) is 9.59. The molecule has 76 valence electrons. The fourth-order valence-electron chi connectivity index (χ4n) is 0.797. The van der Waals surface area contributed by atoms with Crippen LogP contribution < -0.4 is 5.32 Å². The van der Waals surface area contributed by atoms with E-state index in [4.69, 9.17) is 0 Å². The molecule has 0 aliphatic rings. The van der Waals surface area contributed by atoms with Crippen LogP contribution in [0, 0.1) is 0 Å². The standard InChI is InChI=1S/C13H19N/c1-4-5-6-7-10-13(2)11-8-9-12-14-3/h4-12,14H,1-3H3. The molecule has 0 heterocycles. The fourth-order valence-corrected chi connectivity index (χ4v) is 0.797. The summed E-state index contributed by atoms with van der Waals surface area (Å²) in [5.41, 5.74) is 1.23. The van der Waals surface area contributed by atoms with E-state index in [1.54, 1.807) is 0 Å². The lowest BCUT2D eigenvalue weighted by molar-refractivity contribution is 1.10. The minimum atomic E-state index is 1.23. The van der Waals surface area contributed by atoms with Crippen molar-refractivity contribution in [2.45, 2.75) is 13.8 Å². The van der Waals surface area contributed by atoms with Crippen LogP contribution in [0.3, 0.4) is 0 Å². The number of hydrogen-bond donors (Lipinski definition) is 1. The summed E-state index contributed by atoms with van der Waals surface area (Å²) in [6.07, 6.45) is 18.1. The molecule has 0 unspecified atom stereocenters. The van der Waals surface area contributed by atoms with Crippen molar-refractivity contribution in [2.75, 3.05) is 7.05 Å². The van der Waals surface area contributed by atoms with Crippen LogP contribution in [-0.4, -0.2) is 7.05 Å². The highest BCUT2D eigenvalue weighted by Gasteiger charge is 1.75. The van der Waals surface area contributed by atoms with Gasteiger partial charge in [-0.15, -0.1) is 0 Å². The van der Waals surface area contributed by atoms with E-state index in [1.165, 1.54) is 5.57 Å². The van der Waals surface area contributed by atoms with Crippen LogP contribution in [0.25, 0.3) is 0 Å². The van der Waals surface area contributed by atoms with Crippen molar-refractivity contribution in [3.8, 4) is 0 Å². The van der Waals surface area contributed by atoms with Gasteiger partial charge in [-0.25, -0.2) is 0 Å². The summed E-state index contributed by atoms with van der Waals surface area (Å²) in [5.74, 6) is 0. The number of nitrogens with one attached hydrogen (secondary N) is 1. The molecule has 0 bridgehead atoms. The molecule has 0 radical (unpaired) electrons. The van der Waals surface area contributed by atoms with Gasteiger partial charge in [-0.3, -0.25) is 0 Å². The Labute approximate surface area is 87.2 Å². The third-order valence-corrected chi connectivity index (χ3v) is 1.51. The maximum atomic E-state index is 2.93. The third-order valence-electron chi connectivity index (χ3n) is 1.51. The highest BCUT2D eigenvalue weighted by Crippen LogP contribution is 1.95. The number of hydrogen-bond acceptors (Lipinski definition) is 1. The van der Waals surface area contributed by atoms with Crippen molar-refractivity contribution >= 4 is 0 Å². The molecule has 0 fully saturated rings. The van der Waals surface area contributed by atoms with E-state index >= 15 is 0 Å². The van der Waals surface area contributed by atoms with E-state index in [2.05, 4.69) is 24.4 Å². The maximum absolute atomic E-state index is 2.93. The lowest BCUT2D eigenvalue weighted by atomic mass is 10.2. The van der Waals surface area contributed by atoms with Crippen LogP contribution in [0.15, 0.2) is 60.4 Å². The molecule has 0 amide bonds. The molecular formula is C13H19N. The van der Waals surface area contributed by atoms with Gasteiger partial charge < -0.3 is 5.32 Å². The molecule has 0 aliphatic carbocycles. The van der Waals surface area contributed by atoms with E-state index in [9.17, 15) is 0 Å². The van der Waals surface area contributed by atoms with E-state index in [-0.39, 0.29) is 0 Å². The van der Waals surface area contributed by atoms with Gasteiger partial charge in [0.25, 0.3) is 0 Å². The molecule has 0 aromatic heterocycles. The van der Waals surface area contributed by atoms with E-state index in [0.717, 1.165) is 0 Å². The average molecular weight is 189 g/mol. The zero-order valence-electron chi connectivity index (χ0n) is 9.20. The predicted molar refractivity (Wildman–Crippen MR) is 65.1 cm³/mol. The summed E-state index contributed by atoms with van der Waals surface area (Å²) in [5, 5.41) is 2.93. The summed E-state index contributed by atoms with van der Waals surface area (Å²) >= 11 is 0. The van der Waals surface area contributed by atoms with Crippen molar-refractivity contribution in [1.29, 1.82) is 0 Å². The normalized spacial score (nSPS) is 14.1. The zero-order valence-corrected chi connectivity index (χ0v) is 9.20. The fraction of sp³-hybridized carbons (Fsp3) is 0.231. The first kappa shape index (κ1) is 12.5. The lowest BCUT2D eigenvalue weighted by Crippen LogP contribution is -1.89. The molecule has 0 rings (SSSR count). The van der Waals surface area contributed by atoms with Crippen molar-refractivity contribution in [1.82, 2.24) is 5.32 Å². The Morgan fingerprint density at radius 2 is 1.79 bits per heavy atom. The first-order valence-corrected chi connectivity index (χ1v) is 4.78. The highest BCUT2D eigenvalue weighted by molar-refractivity contribution is 5.25. The molecule has 14 heavy (non-hydrogen) atoms. The minimum absolute atomic E-state index is 1.23. The largest absolute Gasteiger partial charge is 0.394 e. The van der Waals surface area contributed by atoms with Gasteiger partial charge in [-0.2, -0.15) is 0 Å². The second-order valence-corrected chi connectivity index (χ2v) is 2.83. The Balaban J connectivity index is 3.99. The molecule has 1 N–H and O–H groups in total. The first-order chi connectivity index (χ1) is 6.81. The lowest BCUT2D eigenvalue weighted by Gasteiger charge is -1.86. The number of allylic oxidation sites excluding steroid dienone is 9. The van der Waals surface area contributed by atoms with E-state index in [1.807, 2.05) is 56.6 Å². The Morgan fingerprint density at radius 3 is 2.43 bits per heavy atom. The van der Waals surface area contributed by atoms with Crippen LogP contribution in [0.5, 0.6) is 0 Å². The molecule has 1 nitrogen and oxygen atoms in total. The molecule has 0 saturated carbocycles. The third kappa shape index (κ3) is 8.60. The molecule has 0 saturated heterocycles. The smallest absolute Gasteiger partial charge is 0.00277 e. The molecular weight excluding hydrogens is 170 g/mol. The molecule has 0 aromatic carbocycles. The zero-order chi connectivity index (χ0) is 10.6. The van der Waals surface area contributed by atoms with Gasteiger partial charge in [0.15, 0.2) is 0 Å². The minimum Gasteiger partial charge on any atom is -0.394 e. The van der Waals surface area contributed by atoms with Gasteiger partial charge in [0.1, 0.15) is 0 Å². The van der Waals surface area contributed by atoms with Gasteiger partial charge in [0.2, 0.25) is 0 Å². The van der Waals surface area contributed by atoms with Gasteiger partial charge >= 0.3 is 0 Å². The van der Waals surface area contributed by atoms with Crippen LogP contribution in [0.1, 0.15) is 13.8 Å². The van der Waals surface area contributed by atoms with E-state index in [0.29, 0.717) is 0 Å². The van der Waals surface area contributed by atoms with Gasteiger partial charge in [0.05, 0.1) is 0 Å². The first-order valence-electron chi connectivity index (χ1n) is 4.78. The summed E-state index contributed by atoms with van der Waals surface area (Å²) in [6, 6.07) is 0. The second-order valence-electron chi connectivity index (χ2n) is 2.83.